The fourth-order valence-electron chi connectivity index (χ4n) is 3.22. The van der Waals surface area contributed by atoms with Crippen molar-refractivity contribution >= 4 is 11.6 Å². The molecule has 1 atom stereocenters. The van der Waals surface area contributed by atoms with Crippen molar-refractivity contribution in [2.75, 3.05) is 0 Å². The molecule has 0 spiro atoms. The molecule has 2 heteroatoms. The fourth-order valence-corrected chi connectivity index (χ4v) is 3.46. The number of halogens is 1. The summed E-state index contributed by atoms with van der Waals surface area (Å²) >= 11 is 6.23. The van der Waals surface area contributed by atoms with Gasteiger partial charge >= 0.3 is 0 Å². The van der Waals surface area contributed by atoms with Crippen LogP contribution in [0.25, 0.3) is 0 Å². The molecule has 1 aromatic rings. The molecule has 0 aromatic heterocycles. The first kappa shape index (κ1) is 10.6. The fraction of sp³-hybridized carbons (Fsp3) is 0.571. The largest absolute Gasteiger partial charge is 0.327 e. The van der Waals surface area contributed by atoms with E-state index in [0.29, 0.717) is 0 Å². The van der Waals surface area contributed by atoms with Gasteiger partial charge in [-0.3, -0.25) is 0 Å². The quantitative estimate of drug-likeness (QED) is 0.837. The number of rotatable bonds is 2. The summed E-state index contributed by atoms with van der Waals surface area (Å²) in [7, 11) is 0. The standard InChI is InChI=1S/C14H18ClN/c1-9(16)14(5-6-14)13-8-11(15)7-10-3-2-4-12(10)13/h7-9H,2-6,16H2,1H3. The van der Waals surface area contributed by atoms with Crippen molar-refractivity contribution in [3.63, 3.8) is 0 Å². The van der Waals surface area contributed by atoms with E-state index in [9.17, 15) is 0 Å². The zero-order chi connectivity index (χ0) is 11.3. The van der Waals surface area contributed by atoms with E-state index in [-0.39, 0.29) is 11.5 Å². The normalized spacial score (nSPS) is 22.9. The third kappa shape index (κ3) is 1.42. The summed E-state index contributed by atoms with van der Waals surface area (Å²) in [6.07, 6.45) is 6.15. The first-order valence-corrected chi connectivity index (χ1v) is 6.59. The third-order valence-electron chi connectivity index (χ3n) is 4.38. The highest BCUT2D eigenvalue weighted by molar-refractivity contribution is 6.30. The van der Waals surface area contributed by atoms with Crippen LogP contribution in [0.2, 0.25) is 5.02 Å². The first-order valence-electron chi connectivity index (χ1n) is 6.21. The van der Waals surface area contributed by atoms with Crippen molar-refractivity contribution in [1.82, 2.24) is 0 Å². The number of hydrogen-bond acceptors (Lipinski definition) is 1. The molecule has 3 rings (SSSR count). The highest BCUT2D eigenvalue weighted by Crippen LogP contribution is 2.53. The lowest BCUT2D eigenvalue weighted by molar-refractivity contribution is 0.552. The van der Waals surface area contributed by atoms with E-state index in [1.807, 2.05) is 0 Å². The lowest BCUT2D eigenvalue weighted by Crippen LogP contribution is -2.32. The Morgan fingerprint density at radius 1 is 1.31 bits per heavy atom. The van der Waals surface area contributed by atoms with Crippen molar-refractivity contribution in [2.45, 2.75) is 50.5 Å². The topological polar surface area (TPSA) is 26.0 Å². The Hall–Kier alpha value is -0.530. The molecular formula is C14H18ClN. The molecule has 1 nitrogen and oxygen atoms in total. The number of hydrogen-bond donors (Lipinski definition) is 1. The second-order valence-electron chi connectivity index (χ2n) is 5.39. The molecule has 0 amide bonds. The van der Waals surface area contributed by atoms with Gasteiger partial charge in [0.25, 0.3) is 0 Å². The minimum atomic E-state index is 0.246. The first-order chi connectivity index (χ1) is 7.63. The van der Waals surface area contributed by atoms with E-state index >= 15 is 0 Å². The van der Waals surface area contributed by atoms with Gasteiger partial charge in [-0.15, -0.1) is 0 Å². The maximum Gasteiger partial charge on any atom is 0.0411 e. The van der Waals surface area contributed by atoms with Crippen molar-refractivity contribution in [3.8, 4) is 0 Å². The SMILES string of the molecule is CC(N)C1(c2cc(Cl)cc3c2CCC3)CC1. The summed E-state index contributed by atoms with van der Waals surface area (Å²) in [5.74, 6) is 0. The van der Waals surface area contributed by atoms with Crippen molar-refractivity contribution < 1.29 is 0 Å². The third-order valence-corrected chi connectivity index (χ3v) is 4.59. The lowest BCUT2D eigenvalue weighted by atomic mass is 9.85. The van der Waals surface area contributed by atoms with Crippen molar-refractivity contribution in [1.29, 1.82) is 0 Å². The Labute approximate surface area is 102 Å². The molecule has 0 bridgehead atoms. The average Bonchev–Trinajstić information content (AvgIpc) is 2.91. The Balaban J connectivity index is 2.14. The smallest absolute Gasteiger partial charge is 0.0411 e. The van der Waals surface area contributed by atoms with E-state index in [4.69, 9.17) is 17.3 Å². The molecule has 1 unspecified atom stereocenters. The number of aryl methyl sites for hydroxylation is 1. The molecule has 86 valence electrons. The highest BCUT2D eigenvalue weighted by Gasteiger charge is 2.49. The molecule has 2 aliphatic carbocycles. The average molecular weight is 236 g/mol. The van der Waals surface area contributed by atoms with Crippen LogP contribution >= 0.6 is 11.6 Å². The molecule has 16 heavy (non-hydrogen) atoms. The van der Waals surface area contributed by atoms with Gasteiger partial charge in [-0.25, -0.2) is 0 Å². The zero-order valence-electron chi connectivity index (χ0n) is 9.72. The van der Waals surface area contributed by atoms with Crippen LogP contribution in [-0.4, -0.2) is 6.04 Å². The Bertz CT molecular complexity index is 433. The van der Waals surface area contributed by atoms with Gasteiger partial charge in [-0.05, 0) is 67.9 Å². The number of nitrogens with two attached hydrogens (primary N) is 1. The Morgan fingerprint density at radius 3 is 2.69 bits per heavy atom. The van der Waals surface area contributed by atoms with Gasteiger partial charge in [0.2, 0.25) is 0 Å². The summed E-state index contributed by atoms with van der Waals surface area (Å²) in [5, 5.41) is 0.891. The molecule has 1 saturated carbocycles. The second-order valence-corrected chi connectivity index (χ2v) is 5.83. The lowest BCUT2D eigenvalue weighted by Gasteiger charge is -2.23. The highest BCUT2D eigenvalue weighted by atomic mass is 35.5. The molecular weight excluding hydrogens is 218 g/mol. The van der Waals surface area contributed by atoms with E-state index in [1.165, 1.54) is 43.2 Å². The molecule has 2 N–H and O–H groups in total. The number of fused-ring (bicyclic) bond motifs is 1. The molecule has 0 radical (unpaired) electrons. The van der Waals surface area contributed by atoms with Crippen LogP contribution in [0.4, 0.5) is 0 Å². The molecule has 2 aliphatic rings. The summed E-state index contributed by atoms with van der Waals surface area (Å²) < 4.78 is 0. The van der Waals surface area contributed by atoms with E-state index in [1.54, 1.807) is 5.56 Å². The van der Waals surface area contributed by atoms with Crippen LogP contribution in [0.15, 0.2) is 12.1 Å². The van der Waals surface area contributed by atoms with Crippen LogP contribution in [0.1, 0.15) is 42.9 Å². The van der Waals surface area contributed by atoms with Crippen LogP contribution in [0, 0.1) is 0 Å². The van der Waals surface area contributed by atoms with Crippen molar-refractivity contribution in [3.05, 3.63) is 33.8 Å². The summed E-state index contributed by atoms with van der Waals surface area (Å²) in [4.78, 5) is 0. The van der Waals surface area contributed by atoms with Gasteiger partial charge in [-0.1, -0.05) is 11.6 Å². The Morgan fingerprint density at radius 2 is 2.06 bits per heavy atom. The molecule has 0 heterocycles. The molecule has 1 aromatic carbocycles. The van der Waals surface area contributed by atoms with E-state index in [0.717, 1.165) is 5.02 Å². The minimum absolute atomic E-state index is 0.246. The van der Waals surface area contributed by atoms with Gasteiger partial charge in [0.05, 0.1) is 0 Å². The van der Waals surface area contributed by atoms with Gasteiger partial charge in [0, 0.05) is 16.5 Å². The minimum Gasteiger partial charge on any atom is -0.327 e. The van der Waals surface area contributed by atoms with Gasteiger partial charge in [-0.2, -0.15) is 0 Å². The van der Waals surface area contributed by atoms with Crippen LogP contribution in [0.3, 0.4) is 0 Å². The maximum absolute atomic E-state index is 6.23. The second kappa shape index (κ2) is 3.48. The van der Waals surface area contributed by atoms with Crippen LogP contribution in [-0.2, 0) is 18.3 Å². The molecule has 1 fully saturated rings. The zero-order valence-corrected chi connectivity index (χ0v) is 10.5. The van der Waals surface area contributed by atoms with Gasteiger partial charge in [0.15, 0.2) is 0 Å². The monoisotopic (exact) mass is 235 g/mol. The van der Waals surface area contributed by atoms with Crippen LogP contribution < -0.4 is 5.73 Å². The van der Waals surface area contributed by atoms with Gasteiger partial charge < -0.3 is 5.73 Å². The number of benzene rings is 1. The van der Waals surface area contributed by atoms with E-state index in [2.05, 4.69) is 19.1 Å². The molecule has 0 aliphatic heterocycles. The Kier molecular flexibility index (Phi) is 2.31. The summed E-state index contributed by atoms with van der Waals surface area (Å²) in [6, 6.07) is 4.56. The molecule has 0 saturated heterocycles. The maximum atomic E-state index is 6.23. The summed E-state index contributed by atoms with van der Waals surface area (Å²) in [5.41, 5.74) is 10.9. The predicted octanol–water partition coefficient (Wildman–Crippen LogP) is 3.21. The van der Waals surface area contributed by atoms with Crippen molar-refractivity contribution in [2.24, 2.45) is 5.73 Å². The van der Waals surface area contributed by atoms with Crippen LogP contribution in [0.5, 0.6) is 0 Å². The predicted molar refractivity (Wildman–Crippen MR) is 68.0 cm³/mol. The summed E-state index contributed by atoms with van der Waals surface area (Å²) in [6.45, 7) is 2.13. The van der Waals surface area contributed by atoms with E-state index < -0.39 is 0 Å². The van der Waals surface area contributed by atoms with Gasteiger partial charge in [0.1, 0.15) is 0 Å².